The first-order valence-electron chi connectivity index (χ1n) is 5.42. The predicted octanol–water partition coefficient (Wildman–Crippen LogP) is 4.00. The molecule has 0 fully saturated rings. The third-order valence-electron chi connectivity index (χ3n) is 2.30. The van der Waals surface area contributed by atoms with Gasteiger partial charge in [-0.15, -0.1) is 11.6 Å². The maximum atomic E-state index is 12.4. The van der Waals surface area contributed by atoms with Gasteiger partial charge in [0.05, 0.1) is 0 Å². The van der Waals surface area contributed by atoms with Crippen molar-refractivity contribution in [3.8, 4) is 0 Å². The molecule has 1 rings (SSSR count). The SMILES string of the molecule is Cc1cc(Br)cc(C(=O)N(CCCl)CC(F)(F)F)c1. The Labute approximate surface area is 122 Å². The van der Waals surface area contributed by atoms with Crippen molar-refractivity contribution in [2.75, 3.05) is 19.0 Å². The first-order chi connectivity index (χ1) is 8.73. The van der Waals surface area contributed by atoms with Gasteiger partial charge in [-0.25, -0.2) is 0 Å². The highest BCUT2D eigenvalue weighted by molar-refractivity contribution is 9.10. The molecule has 1 aromatic rings. The third kappa shape index (κ3) is 5.40. The summed E-state index contributed by atoms with van der Waals surface area (Å²) < 4.78 is 37.9. The molecule has 0 heterocycles. The molecule has 0 atom stereocenters. The molecule has 0 unspecified atom stereocenters. The fourth-order valence-corrected chi connectivity index (χ4v) is 2.42. The van der Waals surface area contributed by atoms with Crippen LogP contribution in [0.25, 0.3) is 0 Å². The van der Waals surface area contributed by atoms with E-state index in [1.165, 1.54) is 6.07 Å². The summed E-state index contributed by atoms with van der Waals surface area (Å²) in [6, 6.07) is 4.81. The number of nitrogens with zero attached hydrogens (tertiary/aromatic N) is 1. The number of alkyl halides is 4. The van der Waals surface area contributed by atoms with Gasteiger partial charge in [-0.2, -0.15) is 13.2 Å². The molecule has 0 aromatic heterocycles. The quantitative estimate of drug-likeness (QED) is 0.745. The Morgan fingerprint density at radius 3 is 2.47 bits per heavy atom. The largest absolute Gasteiger partial charge is 0.406 e. The molecule has 0 spiro atoms. The van der Waals surface area contributed by atoms with Crippen molar-refractivity contribution >= 4 is 33.4 Å². The second kappa shape index (κ2) is 6.61. The Bertz CT molecular complexity index is 445. The highest BCUT2D eigenvalue weighted by Gasteiger charge is 2.33. The average Bonchev–Trinajstić information content (AvgIpc) is 2.24. The number of halogens is 5. The van der Waals surface area contributed by atoms with Crippen molar-refractivity contribution in [2.45, 2.75) is 13.1 Å². The number of carbonyl (C=O) groups is 1. The van der Waals surface area contributed by atoms with Crippen LogP contribution >= 0.6 is 27.5 Å². The van der Waals surface area contributed by atoms with Crippen molar-refractivity contribution < 1.29 is 18.0 Å². The summed E-state index contributed by atoms with van der Waals surface area (Å²) in [4.78, 5) is 12.8. The van der Waals surface area contributed by atoms with Crippen molar-refractivity contribution in [1.29, 1.82) is 0 Å². The second-order valence-corrected chi connectivity index (χ2v) is 5.34. The van der Waals surface area contributed by atoms with Crippen molar-refractivity contribution in [3.05, 3.63) is 33.8 Å². The fourth-order valence-electron chi connectivity index (χ4n) is 1.61. The number of hydrogen-bond donors (Lipinski definition) is 0. The molecular formula is C12H12BrClF3NO. The minimum atomic E-state index is -4.44. The van der Waals surface area contributed by atoms with E-state index in [4.69, 9.17) is 11.6 Å². The zero-order valence-corrected chi connectivity index (χ0v) is 12.4. The highest BCUT2D eigenvalue weighted by Crippen LogP contribution is 2.20. The molecule has 0 aliphatic heterocycles. The molecule has 2 nitrogen and oxygen atoms in total. The van der Waals surface area contributed by atoms with Crippen LogP contribution in [-0.2, 0) is 0 Å². The summed E-state index contributed by atoms with van der Waals surface area (Å²) in [5.41, 5.74) is 0.997. The van der Waals surface area contributed by atoms with Crippen LogP contribution in [0, 0.1) is 6.92 Å². The molecule has 19 heavy (non-hydrogen) atoms. The zero-order valence-electron chi connectivity index (χ0n) is 10.1. The minimum Gasteiger partial charge on any atom is -0.328 e. The van der Waals surface area contributed by atoms with Crippen LogP contribution in [0.1, 0.15) is 15.9 Å². The fraction of sp³-hybridized carbons (Fsp3) is 0.417. The number of benzene rings is 1. The lowest BCUT2D eigenvalue weighted by Gasteiger charge is -2.23. The molecule has 7 heteroatoms. The van der Waals surface area contributed by atoms with Gasteiger partial charge in [0.25, 0.3) is 5.91 Å². The highest BCUT2D eigenvalue weighted by atomic mass is 79.9. The summed E-state index contributed by atoms with van der Waals surface area (Å²) in [5, 5.41) is 0. The monoisotopic (exact) mass is 357 g/mol. The van der Waals surface area contributed by atoms with E-state index in [1.54, 1.807) is 19.1 Å². The van der Waals surface area contributed by atoms with Crippen LogP contribution in [-0.4, -0.2) is 36.0 Å². The van der Waals surface area contributed by atoms with E-state index in [0.29, 0.717) is 9.37 Å². The molecule has 106 valence electrons. The molecule has 0 aliphatic carbocycles. The lowest BCUT2D eigenvalue weighted by atomic mass is 10.1. The van der Waals surface area contributed by atoms with Crippen molar-refractivity contribution in [1.82, 2.24) is 4.90 Å². The second-order valence-electron chi connectivity index (χ2n) is 4.05. The number of aryl methyl sites for hydroxylation is 1. The maximum absolute atomic E-state index is 12.4. The van der Waals surface area contributed by atoms with Gasteiger partial charge < -0.3 is 4.90 Å². The number of amides is 1. The van der Waals surface area contributed by atoms with Crippen LogP contribution in [0.2, 0.25) is 0 Å². The zero-order chi connectivity index (χ0) is 14.6. The Balaban J connectivity index is 2.98. The summed E-state index contributed by atoms with van der Waals surface area (Å²) in [7, 11) is 0. The van der Waals surface area contributed by atoms with Gasteiger partial charge in [0.15, 0.2) is 0 Å². The molecule has 0 radical (unpaired) electrons. The van der Waals surface area contributed by atoms with Crippen LogP contribution in [0.5, 0.6) is 0 Å². The summed E-state index contributed by atoms with van der Waals surface area (Å²) in [6.07, 6.45) is -4.44. The van der Waals surface area contributed by atoms with E-state index in [-0.39, 0.29) is 18.0 Å². The number of carbonyl (C=O) groups excluding carboxylic acids is 1. The molecule has 1 aromatic carbocycles. The lowest BCUT2D eigenvalue weighted by molar-refractivity contribution is -0.140. The van der Waals surface area contributed by atoms with Gasteiger partial charge in [0, 0.05) is 22.5 Å². The van der Waals surface area contributed by atoms with Gasteiger partial charge in [0.1, 0.15) is 6.54 Å². The van der Waals surface area contributed by atoms with E-state index in [2.05, 4.69) is 15.9 Å². The smallest absolute Gasteiger partial charge is 0.328 e. The number of hydrogen-bond acceptors (Lipinski definition) is 1. The Morgan fingerprint density at radius 2 is 2.00 bits per heavy atom. The van der Waals surface area contributed by atoms with Gasteiger partial charge in [-0.05, 0) is 30.7 Å². The van der Waals surface area contributed by atoms with E-state index < -0.39 is 18.6 Å². The van der Waals surface area contributed by atoms with Crippen molar-refractivity contribution in [3.63, 3.8) is 0 Å². The van der Waals surface area contributed by atoms with E-state index in [9.17, 15) is 18.0 Å². The van der Waals surface area contributed by atoms with Crippen LogP contribution in [0.15, 0.2) is 22.7 Å². The van der Waals surface area contributed by atoms with E-state index >= 15 is 0 Å². The van der Waals surface area contributed by atoms with Gasteiger partial charge >= 0.3 is 6.18 Å². The Morgan fingerprint density at radius 1 is 1.37 bits per heavy atom. The standard InChI is InChI=1S/C12H12BrClF3NO/c1-8-4-9(6-10(13)5-8)11(19)18(3-2-14)7-12(15,16)17/h4-6H,2-3,7H2,1H3. The Hall–Kier alpha value is -0.750. The predicted molar refractivity (Wildman–Crippen MR) is 71.6 cm³/mol. The normalized spacial score (nSPS) is 11.5. The molecule has 0 aliphatic rings. The van der Waals surface area contributed by atoms with E-state index in [0.717, 1.165) is 5.56 Å². The van der Waals surface area contributed by atoms with Crippen LogP contribution < -0.4 is 0 Å². The molecular weight excluding hydrogens is 346 g/mol. The summed E-state index contributed by atoms with van der Waals surface area (Å²) in [6.45, 7) is 0.312. The number of rotatable bonds is 4. The van der Waals surface area contributed by atoms with Gasteiger partial charge in [-0.1, -0.05) is 15.9 Å². The molecule has 0 bridgehead atoms. The molecule has 1 amide bonds. The third-order valence-corrected chi connectivity index (χ3v) is 2.93. The summed E-state index contributed by atoms with van der Waals surface area (Å²) in [5.74, 6) is -0.725. The first kappa shape index (κ1) is 16.3. The average molecular weight is 359 g/mol. The van der Waals surface area contributed by atoms with Gasteiger partial charge in [-0.3, -0.25) is 4.79 Å². The first-order valence-corrected chi connectivity index (χ1v) is 6.75. The van der Waals surface area contributed by atoms with E-state index in [1.807, 2.05) is 0 Å². The maximum Gasteiger partial charge on any atom is 0.406 e. The lowest BCUT2D eigenvalue weighted by Crippen LogP contribution is -2.40. The topological polar surface area (TPSA) is 20.3 Å². The molecule has 0 saturated heterocycles. The molecule has 0 N–H and O–H groups in total. The Kier molecular flexibility index (Phi) is 5.67. The summed E-state index contributed by atoms with van der Waals surface area (Å²) >= 11 is 8.66. The van der Waals surface area contributed by atoms with Crippen molar-refractivity contribution in [2.24, 2.45) is 0 Å². The van der Waals surface area contributed by atoms with Crippen LogP contribution in [0.4, 0.5) is 13.2 Å². The van der Waals surface area contributed by atoms with Crippen LogP contribution in [0.3, 0.4) is 0 Å². The van der Waals surface area contributed by atoms with Gasteiger partial charge in [0.2, 0.25) is 0 Å². The minimum absolute atomic E-state index is 0.0468. The molecule has 0 saturated carbocycles.